The van der Waals surface area contributed by atoms with Crippen molar-refractivity contribution in [1.82, 2.24) is 4.90 Å². The first-order chi connectivity index (χ1) is 13.0. The van der Waals surface area contributed by atoms with E-state index in [9.17, 15) is 5.11 Å². The van der Waals surface area contributed by atoms with E-state index in [2.05, 4.69) is 61.6 Å². The van der Waals surface area contributed by atoms with Gasteiger partial charge in [0.15, 0.2) is 0 Å². The second-order valence-corrected chi connectivity index (χ2v) is 8.69. The SMILES string of the molecule is CSc1cccc([C@@]2(O)CC[C@H](OCc3ccccc3)C[C@@H]2CN(C)C)c1. The molecule has 3 rings (SSSR count). The van der Waals surface area contributed by atoms with Crippen molar-refractivity contribution in [2.75, 3.05) is 26.9 Å². The van der Waals surface area contributed by atoms with Crippen LogP contribution in [-0.2, 0) is 16.9 Å². The van der Waals surface area contributed by atoms with Crippen LogP contribution in [-0.4, -0.2) is 43.0 Å². The summed E-state index contributed by atoms with van der Waals surface area (Å²) in [4.78, 5) is 3.38. The van der Waals surface area contributed by atoms with Gasteiger partial charge in [0.2, 0.25) is 0 Å². The molecule has 1 N–H and O–H groups in total. The van der Waals surface area contributed by atoms with E-state index in [0.29, 0.717) is 6.61 Å². The molecule has 3 atom stereocenters. The molecular formula is C23H31NO2S. The monoisotopic (exact) mass is 385 g/mol. The molecule has 146 valence electrons. The average Bonchev–Trinajstić information content (AvgIpc) is 2.69. The van der Waals surface area contributed by atoms with E-state index in [1.54, 1.807) is 11.8 Å². The first-order valence-electron chi connectivity index (χ1n) is 9.68. The van der Waals surface area contributed by atoms with Crippen LogP contribution >= 0.6 is 11.8 Å². The number of ether oxygens (including phenoxy) is 1. The minimum Gasteiger partial charge on any atom is -0.385 e. The fraction of sp³-hybridized carbons (Fsp3) is 0.478. The summed E-state index contributed by atoms with van der Waals surface area (Å²) < 4.78 is 6.22. The van der Waals surface area contributed by atoms with Crippen molar-refractivity contribution in [3.8, 4) is 0 Å². The number of hydrogen-bond acceptors (Lipinski definition) is 4. The second kappa shape index (κ2) is 9.24. The Kier molecular flexibility index (Phi) is 6.99. The van der Waals surface area contributed by atoms with Gasteiger partial charge in [-0.15, -0.1) is 11.8 Å². The van der Waals surface area contributed by atoms with Crippen LogP contribution in [0.5, 0.6) is 0 Å². The average molecular weight is 386 g/mol. The quantitative estimate of drug-likeness (QED) is 0.709. The number of nitrogens with zero attached hydrogens (tertiary/aromatic N) is 1. The summed E-state index contributed by atoms with van der Waals surface area (Å²) in [5.41, 5.74) is 1.46. The van der Waals surface area contributed by atoms with Gasteiger partial charge in [-0.1, -0.05) is 42.5 Å². The summed E-state index contributed by atoms with van der Waals surface area (Å²) in [7, 11) is 4.15. The molecule has 0 bridgehead atoms. The molecule has 2 aromatic rings. The predicted molar refractivity (Wildman–Crippen MR) is 113 cm³/mol. The topological polar surface area (TPSA) is 32.7 Å². The molecule has 3 nitrogen and oxygen atoms in total. The molecule has 0 unspecified atom stereocenters. The first kappa shape index (κ1) is 20.4. The standard InChI is InChI=1S/C23H31NO2S/c1-24(2)16-20-14-21(26-17-18-8-5-4-6-9-18)12-13-23(20,25)19-10-7-11-22(15-19)27-3/h4-11,15,20-21,25H,12-14,16-17H2,1-3H3/t20-,21+,23+/m1/s1. The Morgan fingerprint density at radius 1 is 1.15 bits per heavy atom. The Bertz CT molecular complexity index is 721. The van der Waals surface area contributed by atoms with Gasteiger partial charge in [0.05, 0.1) is 18.3 Å². The van der Waals surface area contributed by atoms with Gasteiger partial charge in [0, 0.05) is 17.4 Å². The van der Waals surface area contributed by atoms with Gasteiger partial charge in [-0.2, -0.15) is 0 Å². The summed E-state index contributed by atoms with van der Waals surface area (Å²) >= 11 is 1.72. The third-order valence-corrected chi connectivity index (χ3v) is 6.28. The summed E-state index contributed by atoms with van der Waals surface area (Å²) in [5, 5.41) is 11.7. The van der Waals surface area contributed by atoms with Crippen molar-refractivity contribution in [1.29, 1.82) is 0 Å². The van der Waals surface area contributed by atoms with Crippen molar-refractivity contribution >= 4 is 11.8 Å². The largest absolute Gasteiger partial charge is 0.385 e. The smallest absolute Gasteiger partial charge is 0.0939 e. The number of benzene rings is 2. The summed E-state index contributed by atoms with van der Waals surface area (Å²) in [6, 6.07) is 18.7. The van der Waals surface area contributed by atoms with Gasteiger partial charge < -0.3 is 14.7 Å². The van der Waals surface area contributed by atoms with Crippen LogP contribution in [0.2, 0.25) is 0 Å². The highest BCUT2D eigenvalue weighted by Gasteiger charge is 2.43. The lowest BCUT2D eigenvalue weighted by Gasteiger charge is -2.44. The van der Waals surface area contributed by atoms with Gasteiger partial charge >= 0.3 is 0 Å². The molecule has 0 spiro atoms. The maximum absolute atomic E-state index is 11.7. The van der Waals surface area contributed by atoms with Crippen LogP contribution < -0.4 is 0 Å². The lowest BCUT2D eigenvalue weighted by molar-refractivity contribution is -0.110. The molecule has 0 aliphatic heterocycles. The van der Waals surface area contributed by atoms with Crippen LogP contribution in [0, 0.1) is 5.92 Å². The molecular weight excluding hydrogens is 354 g/mol. The minimum absolute atomic E-state index is 0.152. The summed E-state index contributed by atoms with van der Waals surface area (Å²) in [6.45, 7) is 1.49. The van der Waals surface area contributed by atoms with E-state index < -0.39 is 5.60 Å². The number of hydrogen-bond donors (Lipinski definition) is 1. The van der Waals surface area contributed by atoms with Crippen molar-refractivity contribution < 1.29 is 9.84 Å². The maximum atomic E-state index is 11.7. The lowest BCUT2D eigenvalue weighted by Crippen LogP contribution is -2.46. The highest BCUT2D eigenvalue weighted by Crippen LogP contribution is 2.43. The van der Waals surface area contributed by atoms with E-state index >= 15 is 0 Å². The zero-order chi connectivity index (χ0) is 19.3. The number of aliphatic hydroxyl groups is 1. The minimum atomic E-state index is -0.789. The second-order valence-electron chi connectivity index (χ2n) is 7.81. The molecule has 1 aliphatic carbocycles. The normalized spacial score (nSPS) is 25.7. The molecule has 1 fully saturated rings. The molecule has 0 saturated heterocycles. The van der Waals surface area contributed by atoms with Crippen molar-refractivity contribution in [3.05, 3.63) is 65.7 Å². The van der Waals surface area contributed by atoms with E-state index in [4.69, 9.17) is 4.74 Å². The van der Waals surface area contributed by atoms with Crippen LogP contribution in [0.4, 0.5) is 0 Å². The highest BCUT2D eigenvalue weighted by atomic mass is 32.2. The lowest BCUT2D eigenvalue weighted by atomic mass is 9.70. The fourth-order valence-corrected chi connectivity index (χ4v) is 4.55. The zero-order valence-corrected chi connectivity index (χ0v) is 17.4. The summed E-state index contributed by atoms with van der Waals surface area (Å²) in [5.74, 6) is 0.152. The van der Waals surface area contributed by atoms with Gasteiger partial charge in [0.25, 0.3) is 0 Å². The Labute approximate surface area is 167 Å². The van der Waals surface area contributed by atoms with Crippen molar-refractivity contribution in [3.63, 3.8) is 0 Å². The van der Waals surface area contributed by atoms with Crippen molar-refractivity contribution in [2.45, 2.75) is 42.5 Å². The molecule has 0 radical (unpaired) electrons. The predicted octanol–water partition coefficient (Wildman–Crippen LogP) is 4.54. The zero-order valence-electron chi connectivity index (χ0n) is 16.6. The highest BCUT2D eigenvalue weighted by molar-refractivity contribution is 7.98. The van der Waals surface area contributed by atoms with Gasteiger partial charge in [-0.25, -0.2) is 0 Å². The van der Waals surface area contributed by atoms with Crippen LogP contribution in [0.15, 0.2) is 59.5 Å². The number of thioether (sulfide) groups is 1. The molecule has 4 heteroatoms. The van der Waals surface area contributed by atoms with Gasteiger partial charge in [-0.05, 0) is 62.9 Å². The van der Waals surface area contributed by atoms with Crippen LogP contribution in [0.1, 0.15) is 30.4 Å². The molecule has 0 amide bonds. The van der Waals surface area contributed by atoms with Crippen LogP contribution in [0.3, 0.4) is 0 Å². The third kappa shape index (κ3) is 5.14. The molecule has 27 heavy (non-hydrogen) atoms. The molecule has 2 aromatic carbocycles. The van der Waals surface area contributed by atoms with Crippen molar-refractivity contribution in [2.24, 2.45) is 5.92 Å². The number of rotatable bonds is 7. The molecule has 0 aromatic heterocycles. The van der Waals surface area contributed by atoms with E-state index in [0.717, 1.165) is 31.4 Å². The Morgan fingerprint density at radius 3 is 2.63 bits per heavy atom. The summed E-state index contributed by atoms with van der Waals surface area (Å²) in [6.07, 6.45) is 4.78. The Morgan fingerprint density at radius 2 is 1.93 bits per heavy atom. The third-order valence-electron chi connectivity index (χ3n) is 5.55. The first-order valence-corrected chi connectivity index (χ1v) is 10.9. The van der Waals surface area contributed by atoms with Gasteiger partial charge in [-0.3, -0.25) is 0 Å². The molecule has 0 heterocycles. The molecule has 1 saturated carbocycles. The van der Waals surface area contributed by atoms with E-state index in [1.807, 2.05) is 18.2 Å². The molecule has 1 aliphatic rings. The van der Waals surface area contributed by atoms with Crippen LogP contribution in [0.25, 0.3) is 0 Å². The Hall–Kier alpha value is -1.33. The fourth-order valence-electron chi connectivity index (χ4n) is 4.09. The van der Waals surface area contributed by atoms with E-state index in [-0.39, 0.29) is 12.0 Å². The van der Waals surface area contributed by atoms with Gasteiger partial charge in [0.1, 0.15) is 0 Å². The van der Waals surface area contributed by atoms with E-state index in [1.165, 1.54) is 10.5 Å². The Balaban J connectivity index is 1.74. The maximum Gasteiger partial charge on any atom is 0.0939 e.